The van der Waals surface area contributed by atoms with Gasteiger partial charge in [0, 0.05) is 25.8 Å². The highest BCUT2D eigenvalue weighted by atomic mass is 35.5. The van der Waals surface area contributed by atoms with Crippen LogP contribution in [0.3, 0.4) is 0 Å². The average Bonchev–Trinajstić information content (AvgIpc) is 3.16. The number of ether oxygens (including phenoxy) is 2. The minimum atomic E-state index is -1.67. The second-order valence-electron chi connectivity index (χ2n) is 6.02. The number of aliphatic hydroxyl groups excluding tert-OH is 1. The van der Waals surface area contributed by atoms with Gasteiger partial charge in [-0.05, 0) is 6.07 Å². The van der Waals surface area contributed by atoms with E-state index in [1.54, 1.807) is 6.92 Å². The standard InChI is InChI=1S/C17H13ClN2O6/c1-7-19-20-16(25-7)9-6-10(24-2)12-14(13(9)18)26-17(15(12)23)4-3-8(21)5-11(17)22/h5-6,22H,3-4H2,1-2H3/t17-/m0/s1. The number of fused-ring (bicyclic) bond motifs is 1. The number of nitrogens with zero attached hydrogens (tertiary/aromatic N) is 2. The minimum absolute atomic E-state index is 0.0101. The van der Waals surface area contributed by atoms with Gasteiger partial charge in [-0.2, -0.15) is 0 Å². The summed E-state index contributed by atoms with van der Waals surface area (Å²) in [5, 5.41) is 18.1. The first-order valence-corrected chi connectivity index (χ1v) is 8.14. The zero-order valence-electron chi connectivity index (χ0n) is 13.8. The van der Waals surface area contributed by atoms with E-state index in [1.807, 2.05) is 0 Å². The summed E-state index contributed by atoms with van der Waals surface area (Å²) < 4.78 is 16.6. The van der Waals surface area contributed by atoms with E-state index in [9.17, 15) is 14.7 Å². The molecule has 0 amide bonds. The summed E-state index contributed by atoms with van der Waals surface area (Å²) in [5.41, 5.74) is -1.23. The van der Waals surface area contributed by atoms with Gasteiger partial charge in [0.25, 0.3) is 0 Å². The molecule has 1 aliphatic heterocycles. The van der Waals surface area contributed by atoms with Gasteiger partial charge < -0.3 is 19.0 Å². The Morgan fingerprint density at radius 2 is 2.12 bits per heavy atom. The number of carbonyl (C=O) groups is 2. The lowest BCUT2D eigenvalue weighted by atomic mass is 9.83. The number of hydrogen-bond donors (Lipinski definition) is 1. The molecule has 2 heterocycles. The van der Waals surface area contributed by atoms with Crippen LogP contribution >= 0.6 is 11.6 Å². The van der Waals surface area contributed by atoms with Crippen LogP contribution < -0.4 is 9.47 Å². The topological polar surface area (TPSA) is 112 Å². The number of halogens is 1. The molecule has 0 radical (unpaired) electrons. The highest BCUT2D eigenvalue weighted by Gasteiger charge is 2.55. The normalized spacial score (nSPS) is 21.6. The number of carbonyl (C=O) groups excluding carboxylic acids is 2. The van der Waals surface area contributed by atoms with Crippen LogP contribution in [0, 0.1) is 6.92 Å². The van der Waals surface area contributed by atoms with Gasteiger partial charge in [-0.3, -0.25) is 9.59 Å². The van der Waals surface area contributed by atoms with E-state index in [-0.39, 0.29) is 46.6 Å². The van der Waals surface area contributed by atoms with Crippen molar-refractivity contribution in [2.45, 2.75) is 25.4 Å². The monoisotopic (exact) mass is 376 g/mol. The fraction of sp³-hybridized carbons (Fsp3) is 0.294. The summed E-state index contributed by atoms with van der Waals surface area (Å²) in [6.45, 7) is 1.63. The quantitative estimate of drug-likeness (QED) is 0.851. The Kier molecular flexibility index (Phi) is 3.55. The fourth-order valence-electron chi connectivity index (χ4n) is 3.17. The second-order valence-corrected chi connectivity index (χ2v) is 6.40. The van der Waals surface area contributed by atoms with E-state index >= 15 is 0 Å². The zero-order valence-corrected chi connectivity index (χ0v) is 14.6. The number of methoxy groups -OCH3 is 1. The number of Topliss-reactive ketones (excluding diaryl/α,β-unsaturated/α-hetero) is 1. The van der Waals surface area contributed by atoms with Crippen molar-refractivity contribution in [1.29, 1.82) is 0 Å². The van der Waals surface area contributed by atoms with E-state index in [0.29, 0.717) is 11.5 Å². The van der Waals surface area contributed by atoms with E-state index in [4.69, 9.17) is 25.5 Å². The predicted octanol–water partition coefficient (Wildman–Crippen LogP) is 2.83. The molecule has 1 aromatic heterocycles. The lowest BCUT2D eigenvalue weighted by Gasteiger charge is -2.28. The third-order valence-corrected chi connectivity index (χ3v) is 4.84. The molecular formula is C17H13ClN2O6. The summed E-state index contributed by atoms with van der Waals surface area (Å²) in [7, 11) is 1.39. The van der Waals surface area contributed by atoms with Crippen LogP contribution in [0.5, 0.6) is 11.5 Å². The van der Waals surface area contributed by atoms with Crippen molar-refractivity contribution < 1.29 is 28.6 Å². The van der Waals surface area contributed by atoms with Gasteiger partial charge in [-0.25, -0.2) is 0 Å². The molecule has 134 valence electrons. The Bertz CT molecular complexity index is 995. The smallest absolute Gasteiger partial charge is 0.249 e. The molecule has 1 N–H and O–H groups in total. The third-order valence-electron chi connectivity index (χ3n) is 4.47. The van der Waals surface area contributed by atoms with E-state index in [1.165, 1.54) is 13.2 Å². The van der Waals surface area contributed by atoms with Crippen molar-refractivity contribution in [1.82, 2.24) is 10.2 Å². The predicted molar refractivity (Wildman–Crippen MR) is 88.7 cm³/mol. The maximum Gasteiger partial charge on any atom is 0.249 e. The lowest BCUT2D eigenvalue weighted by molar-refractivity contribution is -0.116. The molecule has 8 nitrogen and oxygen atoms in total. The summed E-state index contributed by atoms with van der Waals surface area (Å²) in [5.74, 6) is -0.498. The molecule has 0 saturated heterocycles. The first-order valence-electron chi connectivity index (χ1n) is 7.76. The average molecular weight is 377 g/mol. The van der Waals surface area contributed by atoms with Crippen LogP contribution in [0.2, 0.25) is 5.02 Å². The highest BCUT2D eigenvalue weighted by Crippen LogP contribution is 2.52. The molecule has 1 atom stereocenters. The summed E-state index contributed by atoms with van der Waals surface area (Å²) >= 11 is 6.44. The van der Waals surface area contributed by atoms with Gasteiger partial charge in [-0.1, -0.05) is 11.6 Å². The van der Waals surface area contributed by atoms with Gasteiger partial charge >= 0.3 is 0 Å². The number of aliphatic hydroxyl groups is 1. The molecule has 1 spiro atoms. The van der Waals surface area contributed by atoms with Crippen LogP contribution in [0.4, 0.5) is 0 Å². The molecule has 1 aromatic carbocycles. The van der Waals surface area contributed by atoms with E-state index < -0.39 is 17.1 Å². The third kappa shape index (κ3) is 2.15. The molecule has 1 aliphatic carbocycles. The van der Waals surface area contributed by atoms with Crippen molar-refractivity contribution >= 4 is 23.2 Å². The van der Waals surface area contributed by atoms with Crippen LogP contribution in [0.25, 0.3) is 11.5 Å². The molecule has 2 aromatic rings. The molecule has 0 fully saturated rings. The van der Waals surface area contributed by atoms with Gasteiger partial charge in [0.1, 0.15) is 17.1 Å². The number of benzene rings is 1. The van der Waals surface area contributed by atoms with E-state index in [2.05, 4.69) is 10.2 Å². The Labute approximate surface area is 152 Å². The van der Waals surface area contributed by atoms with Crippen molar-refractivity contribution in [2.24, 2.45) is 0 Å². The molecule has 2 aliphatic rings. The molecule has 26 heavy (non-hydrogen) atoms. The first kappa shape index (κ1) is 16.6. The molecule has 0 unspecified atom stereocenters. The highest BCUT2D eigenvalue weighted by molar-refractivity contribution is 6.36. The van der Waals surface area contributed by atoms with Crippen LogP contribution in [0.1, 0.15) is 29.1 Å². The largest absolute Gasteiger partial charge is 0.507 e. The maximum atomic E-state index is 13.0. The van der Waals surface area contributed by atoms with Crippen molar-refractivity contribution in [2.75, 3.05) is 7.11 Å². The van der Waals surface area contributed by atoms with Crippen molar-refractivity contribution in [3.8, 4) is 23.0 Å². The maximum absolute atomic E-state index is 13.0. The fourth-order valence-corrected chi connectivity index (χ4v) is 3.44. The number of rotatable bonds is 2. The van der Waals surface area contributed by atoms with Crippen LogP contribution in [-0.2, 0) is 4.79 Å². The second kappa shape index (κ2) is 5.57. The molecule has 4 rings (SSSR count). The first-order chi connectivity index (χ1) is 12.4. The summed E-state index contributed by atoms with van der Waals surface area (Å²) in [4.78, 5) is 24.6. The number of hydrogen-bond acceptors (Lipinski definition) is 8. The van der Waals surface area contributed by atoms with E-state index in [0.717, 1.165) is 6.08 Å². The number of aryl methyl sites for hydroxylation is 1. The Morgan fingerprint density at radius 3 is 2.73 bits per heavy atom. The van der Waals surface area contributed by atoms with Gasteiger partial charge in [0.05, 0.1) is 17.7 Å². The van der Waals surface area contributed by atoms with Crippen molar-refractivity contribution in [3.63, 3.8) is 0 Å². The van der Waals surface area contributed by atoms with Gasteiger partial charge in [-0.15, -0.1) is 10.2 Å². The minimum Gasteiger partial charge on any atom is -0.507 e. The summed E-state index contributed by atoms with van der Waals surface area (Å²) in [6, 6.07) is 1.50. The molecular weight excluding hydrogens is 364 g/mol. The van der Waals surface area contributed by atoms with Crippen molar-refractivity contribution in [3.05, 3.63) is 34.4 Å². The number of ketones is 2. The summed E-state index contributed by atoms with van der Waals surface area (Å²) in [6.07, 6.45) is 1.09. The van der Waals surface area contributed by atoms with Gasteiger partial charge in [0.2, 0.25) is 23.2 Å². The lowest BCUT2D eigenvalue weighted by Crippen LogP contribution is -2.45. The zero-order chi connectivity index (χ0) is 18.6. The number of aromatic nitrogens is 2. The van der Waals surface area contributed by atoms with Crippen LogP contribution in [0.15, 0.2) is 22.3 Å². The Hall–Kier alpha value is -2.87. The molecule has 0 saturated carbocycles. The SMILES string of the molecule is COc1cc(-c2nnc(C)o2)c(Cl)c2c1C(=O)[C@@]1(CCC(=O)C=C1O)O2. The van der Waals surface area contributed by atoms with Crippen LogP contribution in [-0.4, -0.2) is 39.6 Å². The molecule has 9 heteroatoms. The number of allylic oxidation sites excluding steroid dienone is 1. The Morgan fingerprint density at radius 1 is 1.35 bits per heavy atom. The van der Waals surface area contributed by atoms with Gasteiger partial charge in [0.15, 0.2) is 11.5 Å². The Balaban J connectivity index is 1.92. The molecule has 0 bridgehead atoms.